The number of nitrogens with zero attached hydrogens (tertiary/aromatic N) is 1. The zero-order valence-electron chi connectivity index (χ0n) is 15.3. The van der Waals surface area contributed by atoms with E-state index in [-0.39, 0.29) is 11.9 Å². The first kappa shape index (κ1) is 17.8. The number of methoxy groups -OCH3 is 2. The van der Waals surface area contributed by atoms with Crippen LogP contribution in [0.2, 0.25) is 0 Å². The average Bonchev–Trinajstić information content (AvgIpc) is 3.27. The largest absolute Gasteiger partial charge is 0.493 e. The van der Waals surface area contributed by atoms with E-state index in [9.17, 15) is 4.79 Å². The normalized spacial score (nSPS) is 17.0. The monoisotopic (exact) mass is 359 g/mol. The van der Waals surface area contributed by atoms with E-state index in [2.05, 4.69) is 19.9 Å². The molecule has 0 aliphatic carbocycles. The van der Waals surface area contributed by atoms with Gasteiger partial charge in [0.05, 0.1) is 25.1 Å². The lowest BCUT2D eigenvalue weighted by molar-refractivity contribution is 0.0740. The van der Waals surface area contributed by atoms with Crippen LogP contribution in [-0.4, -0.2) is 31.6 Å². The molecule has 0 saturated carbocycles. The summed E-state index contributed by atoms with van der Waals surface area (Å²) >= 11 is 1.61. The number of amides is 1. The van der Waals surface area contributed by atoms with Crippen LogP contribution in [0, 0.1) is 6.92 Å². The van der Waals surface area contributed by atoms with Gasteiger partial charge in [-0.05, 0) is 55.5 Å². The fourth-order valence-corrected chi connectivity index (χ4v) is 4.60. The number of ether oxygens (including phenoxy) is 2. The van der Waals surface area contributed by atoms with Gasteiger partial charge in [0.1, 0.15) is 0 Å². The highest BCUT2D eigenvalue weighted by molar-refractivity contribution is 7.14. The molecule has 1 aromatic carbocycles. The maximum Gasteiger partial charge on any atom is 0.264 e. The van der Waals surface area contributed by atoms with E-state index >= 15 is 0 Å². The highest BCUT2D eigenvalue weighted by atomic mass is 32.1. The van der Waals surface area contributed by atoms with Crippen molar-refractivity contribution >= 4 is 17.2 Å². The third-order valence-corrected chi connectivity index (χ3v) is 6.00. The molecule has 1 atom stereocenters. The molecule has 1 saturated heterocycles. The van der Waals surface area contributed by atoms with Gasteiger partial charge in [0, 0.05) is 11.4 Å². The minimum atomic E-state index is 0.0970. The number of hydrogen-bond acceptors (Lipinski definition) is 4. The Labute approximate surface area is 153 Å². The summed E-state index contributed by atoms with van der Waals surface area (Å²) in [7, 11) is 3.27. The molecular weight excluding hydrogens is 334 g/mol. The van der Waals surface area contributed by atoms with Crippen molar-refractivity contribution in [3.8, 4) is 11.5 Å². The standard InChI is InChI=1S/C20H25NO3S/c1-5-14-12-19(25-13(14)2)20(22)21-10-6-7-16(21)15-8-9-17(23-3)18(11-15)24-4/h8-9,11-12,16H,5-7,10H2,1-4H3. The maximum absolute atomic E-state index is 13.1. The molecule has 0 N–H and O–H groups in total. The number of carbonyl (C=O) groups is 1. The van der Waals surface area contributed by atoms with E-state index in [0.717, 1.165) is 36.2 Å². The number of rotatable bonds is 5. The van der Waals surface area contributed by atoms with Crippen LogP contribution in [-0.2, 0) is 6.42 Å². The number of benzene rings is 1. The average molecular weight is 359 g/mol. The first-order valence-corrected chi connectivity index (χ1v) is 9.52. The van der Waals surface area contributed by atoms with Gasteiger partial charge in [0.15, 0.2) is 11.5 Å². The molecule has 2 aromatic rings. The molecule has 1 unspecified atom stereocenters. The zero-order valence-corrected chi connectivity index (χ0v) is 16.1. The van der Waals surface area contributed by atoms with Gasteiger partial charge in [-0.25, -0.2) is 0 Å². The van der Waals surface area contributed by atoms with Crippen molar-refractivity contribution in [2.45, 2.75) is 39.2 Å². The summed E-state index contributed by atoms with van der Waals surface area (Å²) in [6, 6.07) is 8.10. The van der Waals surface area contributed by atoms with Crippen molar-refractivity contribution in [2.24, 2.45) is 0 Å². The smallest absolute Gasteiger partial charge is 0.264 e. The lowest BCUT2D eigenvalue weighted by Crippen LogP contribution is -2.30. The Morgan fingerprint density at radius 1 is 1.24 bits per heavy atom. The lowest BCUT2D eigenvalue weighted by atomic mass is 10.0. The SMILES string of the molecule is CCc1cc(C(=O)N2CCCC2c2ccc(OC)c(OC)c2)sc1C. The number of thiophene rings is 1. The summed E-state index contributed by atoms with van der Waals surface area (Å²) in [5, 5.41) is 0. The number of carbonyl (C=O) groups excluding carboxylic acids is 1. The predicted octanol–water partition coefficient (Wildman–Crippen LogP) is 4.61. The second kappa shape index (κ2) is 7.48. The van der Waals surface area contributed by atoms with Gasteiger partial charge < -0.3 is 14.4 Å². The summed E-state index contributed by atoms with van der Waals surface area (Å²) < 4.78 is 10.7. The fraction of sp³-hybridized carbons (Fsp3) is 0.450. The zero-order chi connectivity index (χ0) is 18.0. The summed E-state index contributed by atoms with van der Waals surface area (Å²) in [5.74, 6) is 1.56. The Morgan fingerprint density at radius 2 is 2.00 bits per heavy atom. The van der Waals surface area contributed by atoms with Crippen molar-refractivity contribution in [1.29, 1.82) is 0 Å². The quantitative estimate of drug-likeness (QED) is 0.782. The molecular formula is C20H25NO3S. The molecule has 3 rings (SSSR count). The summed E-state index contributed by atoms with van der Waals surface area (Å²) in [5.41, 5.74) is 2.38. The summed E-state index contributed by atoms with van der Waals surface area (Å²) in [6.07, 6.45) is 2.97. The molecule has 134 valence electrons. The minimum Gasteiger partial charge on any atom is -0.493 e. The van der Waals surface area contributed by atoms with Gasteiger partial charge in [-0.2, -0.15) is 0 Å². The van der Waals surface area contributed by atoms with Gasteiger partial charge >= 0.3 is 0 Å². The van der Waals surface area contributed by atoms with Gasteiger partial charge in [0.2, 0.25) is 0 Å². The number of aryl methyl sites for hydroxylation is 2. The van der Waals surface area contributed by atoms with E-state index in [1.54, 1.807) is 25.6 Å². The van der Waals surface area contributed by atoms with Crippen LogP contribution in [0.4, 0.5) is 0 Å². The third kappa shape index (κ3) is 3.38. The highest BCUT2D eigenvalue weighted by Gasteiger charge is 2.32. The van der Waals surface area contributed by atoms with Crippen molar-refractivity contribution in [3.63, 3.8) is 0 Å². The maximum atomic E-state index is 13.1. The number of hydrogen-bond donors (Lipinski definition) is 0. The lowest BCUT2D eigenvalue weighted by Gasteiger charge is -2.25. The second-order valence-corrected chi connectivity index (χ2v) is 7.57. The molecule has 1 aliphatic heterocycles. The van der Waals surface area contributed by atoms with Gasteiger partial charge in [-0.3, -0.25) is 4.79 Å². The number of likely N-dealkylation sites (tertiary alicyclic amines) is 1. The van der Waals surface area contributed by atoms with Crippen LogP contribution in [0.5, 0.6) is 11.5 Å². The van der Waals surface area contributed by atoms with Crippen LogP contribution >= 0.6 is 11.3 Å². The minimum absolute atomic E-state index is 0.0970. The Kier molecular flexibility index (Phi) is 5.33. The van der Waals surface area contributed by atoms with Crippen molar-refractivity contribution in [1.82, 2.24) is 4.90 Å². The predicted molar refractivity (Wildman–Crippen MR) is 101 cm³/mol. The molecule has 1 aromatic heterocycles. The van der Waals surface area contributed by atoms with Crippen molar-refractivity contribution in [2.75, 3.05) is 20.8 Å². The Morgan fingerprint density at radius 3 is 2.64 bits per heavy atom. The van der Waals surface area contributed by atoms with Crippen molar-refractivity contribution < 1.29 is 14.3 Å². The Bertz CT molecular complexity index is 768. The van der Waals surface area contributed by atoms with Gasteiger partial charge in [0.25, 0.3) is 5.91 Å². The van der Waals surface area contributed by atoms with E-state index in [1.165, 1.54) is 10.4 Å². The highest BCUT2D eigenvalue weighted by Crippen LogP contribution is 2.38. The molecule has 5 heteroatoms. The molecule has 1 aliphatic rings. The van der Waals surface area contributed by atoms with Crippen LogP contribution in [0.25, 0.3) is 0 Å². The van der Waals surface area contributed by atoms with Crippen LogP contribution < -0.4 is 9.47 Å². The topological polar surface area (TPSA) is 38.8 Å². The van der Waals surface area contributed by atoms with Crippen molar-refractivity contribution in [3.05, 3.63) is 45.1 Å². The van der Waals surface area contributed by atoms with Gasteiger partial charge in [-0.15, -0.1) is 11.3 Å². The molecule has 4 nitrogen and oxygen atoms in total. The molecule has 25 heavy (non-hydrogen) atoms. The van der Waals surface area contributed by atoms with E-state index in [0.29, 0.717) is 11.5 Å². The first-order chi connectivity index (χ1) is 12.1. The fourth-order valence-electron chi connectivity index (χ4n) is 3.53. The first-order valence-electron chi connectivity index (χ1n) is 8.71. The van der Waals surface area contributed by atoms with Crippen LogP contribution in [0.3, 0.4) is 0 Å². The molecule has 1 amide bonds. The summed E-state index contributed by atoms with van der Waals surface area (Å²) in [6.45, 7) is 5.03. The molecule has 2 heterocycles. The van der Waals surface area contributed by atoms with E-state index < -0.39 is 0 Å². The summed E-state index contributed by atoms with van der Waals surface area (Å²) in [4.78, 5) is 17.2. The third-order valence-electron chi connectivity index (χ3n) is 4.92. The van der Waals surface area contributed by atoms with E-state index in [1.807, 2.05) is 23.1 Å². The Balaban J connectivity index is 1.88. The second-order valence-electron chi connectivity index (χ2n) is 6.32. The molecule has 1 fully saturated rings. The van der Waals surface area contributed by atoms with Crippen LogP contribution in [0.15, 0.2) is 24.3 Å². The molecule has 0 spiro atoms. The Hall–Kier alpha value is -2.01. The molecule has 0 radical (unpaired) electrons. The molecule has 0 bridgehead atoms. The van der Waals surface area contributed by atoms with Gasteiger partial charge in [-0.1, -0.05) is 13.0 Å². The van der Waals surface area contributed by atoms with E-state index in [4.69, 9.17) is 9.47 Å². The van der Waals surface area contributed by atoms with Crippen LogP contribution in [0.1, 0.15) is 51.5 Å².